The fourth-order valence-corrected chi connectivity index (χ4v) is 1.39. The number of hydrogen-bond acceptors (Lipinski definition) is 4. The van der Waals surface area contributed by atoms with Crippen molar-refractivity contribution in [2.75, 3.05) is 5.73 Å². The van der Waals surface area contributed by atoms with E-state index in [1.165, 1.54) is 18.2 Å². The highest BCUT2D eigenvalue weighted by atomic mass is 16.5. The molecule has 0 aliphatic rings. The maximum Gasteiger partial charge on any atom is 0.338 e. The Morgan fingerprint density at radius 3 is 2.81 bits per heavy atom. The first-order valence-corrected chi connectivity index (χ1v) is 5.34. The minimum Gasteiger partial charge on any atom is -0.506 e. The van der Waals surface area contributed by atoms with Crippen LogP contribution in [-0.4, -0.2) is 17.2 Å². The zero-order chi connectivity index (χ0) is 12.1. The molecule has 0 bridgehead atoms. The summed E-state index contributed by atoms with van der Waals surface area (Å²) in [6.07, 6.45) is 1.67. The van der Waals surface area contributed by atoms with E-state index in [9.17, 15) is 9.90 Å². The second-order valence-corrected chi connectivity index (χ2v) is 3.78. The first kappa shape index (κ1) is 12.4. The van der Waals surface area contributed by atoms with Crippen LogP contribution in [0.5, 0.6) is 5.75 Å². The maximum absolute atomic E-state index is 11.6. The number of phenolic OH excluding ortho intramolecular Hbond substituents is 1. The smallest absolute Gasteiger partial charge is 0.338 e. The van der Waals surface area contributed by atoms with Crippen molar-refractivity contribution in [2.24, 2.45) is 0 Å². The SMILES string of the molecule is CCCC(C)OC(=O)c1ccc(N)c(O)c1. The number of anilines is 1. The standard InChI is InChI=1S/C12H17NO3/c1-3-4-8(2)16-12(15)9-5-6-10(13)11(14)7-9/h5-8,14H,3-4,13H2,1-2H3. The molecule has 0 spiro atoms. The molecule has 0 aliphatic heterocycles. The molecule has 0 saturated carbocycles. The third-order valence-corrected chi connectivity index (χ3v) is 2.27. The average Bonchev–Trinajstić information content (AvgIpc) is 2.22. The number of ether oxygens (including phenoxy) is 1. The molecule has 1 rings (SSSR count). The molecule has 0 aromatic heterocycles. The summed E-state index contributed by atoms with van der Waals surface area (Å²) in [5.41, 5.74) is 6.00. The summed E-state index contributed by atoms with van der Waals surface area (Å²) in [4.78, 5) is 11.6. The second kappa shape index (κ2) is 5.39. The molecule has 0 heterocycles. The minimum atomic E-state index is -0.434. The lowest BCUT2D eigenvalue weighted by atomic mass is 10.2. The van der Waals surface area contributed by atoms with Gasteiger partial charge in [0.15, 0.2) is 0 Å². The number of aromatic hydroxyl groups is 1. The fourth-order valence-electron chi connectivity index (χ4n) is 1.39. The van der Waals surface area contributed by atoms with E-state index in [1.807, 2.05) is 13.8 Å². The Labute approximate surface area is 95.0 Å². The van der Waals surface area contributed by atoms with E-state index in [-0.39, 0.29) is 17.5 Å². The van der Waals surface area contributed by atoms with Crippen molar-refractivity contribution in [3.63, 3.8) is 0 Å². The lowest BCUT2D eigenvalue weighted by Gasteiger charge is -2.12. The van der Waals surface area contributed by atoms with Gasteiger partial charge in [-0.2, -0.15) is 0 Å². The first-order chi connectivity index (χ1) is 7.54. The van der Waals surface area contributed by atoms with Crippen LogP contribution in [0.15, 0.2) is 18.2 Å². The Bertz CT molecular complexity index is 377. The highest BCUT2D eigenvalue weighted by Gasteiger charge is 2.12. The number of phenols is 1. The second-order valence-electron chi connectivity index (χ2n) is 3.78. The molecule has 1 aromatic carbocycles. The molecule has 0 fully saturated rings. The lowest BCUT2D eigenvalue weighted by molar-refractivity contribution is 0.0323. The Morgan fingerprint density at radius 2 is 2.25 bits per heavy atom. The Balaban J connectivity index is 2.69. The molecule has 4 nitrogen and oxygen atoms in total. The zero-order valence-electron chi connectivity index (χ0n) is 9.56. The van der Waals surface area contributed by atoms with E-state index >= 15 is 0 Å². The quantitative estimate of drug-likeness (QED) is 0.466. The van der Waals surface area contributed by atoms with Gasteiger partial charge in [-0.3, -0.25) is 0 Å². The topological polar surface area (TPSA) is 72.5 Å². The maximum atomic E-state index is 11.6. The molecule has 88 valence electrons. The van der Waals surface area contributed by atoms with Gasteiger partial charge in [0.05, 0.1) is 17.4 Å². The Morgan fingerprint density at radius 1 is 1.56 bits per heavy atom. The van der Waals surface area contributed by atoms with Crippen molar-refractivity contribution in [3.05, 3.63) is 23.8 Å². The summed E-state index contributed by atoms with van der Waals surface area (Å²) in [5, 5.41) is 9.35. The lowest BCUT2D eigenvalue weighted by Crippen LogP contribution is -2.14. The largest absolute Gasteiger partial charge is 0.506 e. The summed E-state index contributed by atoms with van der Waals surface area (Å²) < 4.78 is 5.18. The molecule has 1 aromatic rings. The molecule has 0 amide bonds. The van der Waals surface area contributed by atoms with Crippen molar-refractivity contribution in [1.82, 2.24) is 0 Å². The van der Waals surface area contributed by atoms with Gasteiger partial charge in [0.25, 0.3) is 0 Å². The predicted octanol–water partition coefficient (Wildman–Crippen LogP) is 2.32. The van der Waals surface area contributed by atoms with Gasteiger partial charge >= 0.3 is 5.97 Å². The number of carbonyl (C=O) groups is 1. The summed E-state index contributed by atoms with van der Waals surface area (Å²) in [7, 11) is 0. The molecule has 1 unspecified atom stereocenters. The molecule has 0 radical (unpaired) electrons. The number of esters is 1. The van der Waals surface area contributed by atoms with Gasteiger partial charge in [0.2, 0.25) is 0 Å². The van der Waals surface area contributed by atoms with Crippen molar-refractivity contribution < 1.29 is 14.6 Å². The van der Waals surface area contributed by atoms with Crippen LogP contribution in [0.25, 0.3) is 0 Å². The first-order valence-electron chi connectivity index (χ1n) is 5.34. The van der Waals surface area contributed by atoms with E-state index in [0.29, 0.717) is 5.56 Å². The Kier molecular flexibility index (Phi) is 4.17. The third-order valence-electron chi connectivity index (χ3n) is 2.27. The number of carbonyl (C=O) groups excluding carboxylic acids is 1. The van der Waals surface area contributed by atoms with Crippen LogP contribution in [0, 0.1) is 0 Å². The summed E-state index contributed by atoms with van der Waals surface area (Å²) in [6.45, 7) is 3.87. The zero-order valence-corrected chi connectivity index (χ0v) is 9.56. The number of nitrogens with two attached hydrogens (primary N) is 1. The molecule has 1 atom stereocenters. The normalized spacial score (nSPS) is 12.1. The van der Waals surface area contributed by atoms with Crippen molar-refractivity contribution in [2.45, 2.75) is 32.8 Å². The minimum absolute atomic E-state index is 0.0994. The van der Waals surface area contributed by atoms with Crippen LogP contribution >= 0.6 is 0 Å². The number of rotatable bonds is 4. The van der Waals surface area contributed by atoms with E-state index < -0.39 is 5.97 Å². The van der Waals surface area contributed by atoms with Crippen LogP contribution in [0.1, 0.15) is 37.0 Å². The molecular formula is C12H17NO3. The number of hydrogen-bond donors (Lipinski definition) is 2. The number of benzene rings is 1. The third kappa shape index (κ3) is 3.15. The van der Waals surface area contributed by atoms with Crippen molar-refractivity contribution in [3.8, 4) is 5.75 Å². The van der Waals surface area contributed by atoms with Gasteiger partial charge in [0, 0.05) is 0 Å². The molecular weight excluding hydrogens is 206 g/mol. The average molecular weight is 223 g/mol. The molecule has 3 N–H and O–H groups in total. The summed E-state index contributed by atoms with van der Waals surface area (Å²) in [6, 6.07) is 4.34. The van der Waals surface area contributed by atoms with Gasteiger partial charge in [-0.25, -0.2) is 4.79 Å². The highest BCUT2D eigenvalue weighted by molar-refractivity contribution is 5.90. The van der Waals surface area contributed by atoms with Crippen LogP contribution < -0.4 is 5.73 Å². The van der Waals surface area contributed by atoms with Crippen LogP contribution in [-0.2, 0) is 4.74 Å². The van der Waals surface area contributed by atoms with Crippen molar-refractivity contribution >= 4 is 11.7 Å². The van der Waals surface area contributed by atoms with Gasteiger partial charge in [-0.1, -0.05) is 13.3 Å². The van der Waals surface area contributed by atoms with Crippen LogP contribution in [0.4, 0.5) is 5.69 Å². The highest BCUT2D eigenvalue weighted by Crippen LogP contribution is 2.21. The van der Waals surface area contributed by atoms with Crippen LogP contribution in [0.2, 0.25) is 0 Å². The van der Waals surface area contributed by atoms with Gasteiger partial charge in [-0.05, 0) is 31.5 Å². The fraction of sp³-hybridized carbons (Fsp3) is 0.417. The van der Waals surface area contributed by atoms with Crippen LogP contribution in [0.3, 0.4) is 0 Å². The van der Waals surface area contributed by atoms with Gasteiger partial charge in [0.1, 0.15) is 5.75 Å². The van der Waals surface area contributed by atoms with Gasteiger partial charge in [-0.15, -0.1) is 0 Å². The predicted molar refractivity (Wildman–Crippen MR) is 62.3 cm³/mol. The van der Waals surface area contributed by atoms with E-state index in [1.54, 1.807) is 0 Å². The monoisotopic (exact) mass is 223 g/mol. The molecule has 4 heteroatoms. The Hall–Kier alpha value is -1.71. The van der Waals surface area contributed by atoms with Crippen molar-refractivity contribution in [1.29, 1.82) is 0 Å². The summed E-state index contributed by atoms with van der Waals surface area (Å²) in [5.74, 6) is -0.533. The van der Waals surface area contributed by atoms with E-state index in [4.69, 9.17) is 10.5 Å². The summed E-state index contributed by atoms with van der Waals surface area (Å²) >= 11 is 0. The molecule has 0 aliphatic carbocycles. The van der Waals surface area contributed by atoms with Gasteiger partial charge < -0.3 is 15.6 Å². The van der Waals surface area contributed by atoms with E-state index in [0.717, 1.165) is 12.8 Å². The van der Waals surface area contributed by atoms with E-state index in [2.05, 4.69) is 0 Å². The molecule has 0 saturated heterocycles. The number of nitrogen functional groups attached to an aromatic ring is 1. The molecule has 16 heavy (non-hydrogen) atoms.